The summed E-state index contributed by atoms with van der Waals surface area (Å²) in [6, 6.07) is 14.4. The highest BCUT2D eigenvalue weighted by Gasteiger charge is 2.11. The van der Waals surface area contributed by atoms with Gasteiger partial charge in [0.25, 0.3) is 0 Å². The molecule has 2 aromatic rings. The Morgan fingerprint density at radius 3 is 1.67 bits per heavy atom. The summed E-state index contributed by atoms with van der Waals surface area (Å²) in [7, 11) is -2.00. The first-order chi connectivity index (χ1) is 8.63. The van der Waals surface area contributed by atoms with Gasteiger partial charge in [0.2, 0.25) is 0 Å². The van der Waals surface area contributed by atoms with Gasteiger partial charge >= 0.3 is 8.60 Å². The fourth-order valence-corrected chi connectivity index (χ4v) is 2.63. The normalized spacial score (nSPS) is 10.4. The molecule has 0 aromatic heterocycles. The summed E-state index contributed by atoms with van der Waals surface area (Å²) in [6.07, 6.45) is 0. The lowest BCUT2D eigenvalue weighted by molar-refractivity contribution is 0.381. The summed E-state index contributed by atoms with van der Waals surface area (Å²) in [5.41, 5.74) is 0. The van der Waals surface area contributed by atoms with Gasteiger partial charge in [0.15, 0.2) is 0 Å². The number of rotatable bonds is 4. The monoisotopic (exact) mass is 390 g/mol. The molecule has 18 heavy (non-hydrogen) atoms. The second kappa shape index (κ2) is 6.53. The Balaban J connectivity index is 1.98. The van der Waals surface area contributed by atoms with Crippen molar-refractivity contribution in [3.8, 4) is 11.5 Å². The molecule has 0 aliphatic heterocycles. The van der Waals surface area contributed by atoms with Gasteiger partial charge in [-0.25, -0.2) is 0 Å². The molecule has 0 saturated heterocycles. The van der Waals surface area contributed by atoms with Crippen LogP contribution in [0.3, 0.4) is 0 Å². The molecule has 2 rings (SSSR count). The van der Waals surface area contributed by atoms with Gasteiger partial charge in [-0.3, -0.25) is 0 Å². The molecule has 2 aromatic carbocycles. The van der Waals surface area contributed by atoms with Crippen LogP contribution in [0, 0.1) is 0 Å². The maximum atomic E-state index is 9.73. The van der Waals surface area contributed by atoms with Crippen molar-refractivity contribution >= 4 is 40.5 Å². The molecular formula is C12H9Br2O3P. The summed E-state index contributed by atoms with van der Waals surface area (Å²) >= 11 is 6.65. The summed E-state index contributed by atoms with van der Waals surface area (Å²) in [5.74, 6) is 1.10. The molecule has 0 unspecified atom stereocenters. The van der Waals surface area contributed by atoms with Gasteiger partial charge in [-0.2, -0.15) is 0 Å². The highest BCUT2D eigenvalue weighted by molar-refractivity contribution is 9.10. The molecule has 0 saturated carbocycles. The van der Waals surface area contributed by atoms with E-state index in [2.05, 4.69) is 31.9 Å². The van der Waals surface area contributed by atoms with E-state index in [0.29, 0.717) is 11.5 Å². The summed E-state index contributed by atoms with van der Waals surface area (Å²) in [6.45, 7) is 0. The maximum absolute atomic E-state index is 9.73. The van der Waals surface area contributed by atoms with Gasteiger partial charge in [-0.05, 0) is 36.4 Å². The van der Waals surface area contributed by atoms with Crippen LogP contribution < -0.4 is 9.05 Å². The number of halogens is 2. The van der Waals surface area contributed by atoms with Crippen molar-refractivity contribution in [2.45, 2.75) is 0 Å². The van der Waals surface area contributed by atoms with Crippen LogP contribution in [0.2, 0.25) is 0 Å². The Labute approximate surface area is 123 Å². The van der Waals surface area contributed by atoms with Crippen molar-refractivity contribution in [2.24, 2.45) is 0 Å². The molecule has 0 radical (unpaired) electrons. The third kappa shape index (κ3) is 4.25. The van der Waals surface area contributed by atoms with Crippen molar-refractivity contribution in [3.63, 3.8) is 0 Å². The van der Waals surface area contributed by atoms with Crippen molar-refractivity contribution in [1.29, 1.82) is 0 Å². The zero-order chi connectivity index (χ0) is 13.0. The van der Waals surface area contributed by atoms with Crippen molar-refractivity contribution in [2.75, 3.05) is 0 Å². The van der Waals surface area contributed by atoms with Gasteiger partial charge in [0, 0.05) is 8.95 Å². The van der Waals surface area contributed by atoms with E-state index in [-0.39, 0.29) is 0 Å². The molecule has 0 fully saturated rings. The average molecular weight is 392 g/mol. The maximum Gasteiger partial charge on any atom is 0.460 e. The number of hydrogen-bond donors (Lipinski definition) is 1. The fraction of sp³-hybridized carbons (Fsp3) is 0. The van der Waals surface area contributed by atoms with E-state index in [9.17, 15) is 4.89 Å². The van der Waals surface area contributed by atoms with Crippen LogP contribution in [-0.4, -0.2) is 4.89 Å². The minimum Gasteiger partial charge on any atom is -0.418 e. The topological polar surface area (TPSA) is 38.7 Å². The molecule has 0 atom stereocenters. The van der Waals surface area contributed by atoms with E-state index in [1.54, 1.807) is 24.3 Å². The molecule has 0 heterocycles. The standard InChI is InChI=1S/C12H9Br2O3P/c13-9-3-1-5-11(7-9)16-18(15)17-12-6-2-4-10(14)8-12/h1-8,15H. The van der Waals surface area contributed by atoms with E-state index in [0.717, 1.165) is 8.95 Å². The first kappa shape index (κ1) is 13.8. The van der Waals surface area contributed by atoms with E-state index >= 15 is 0 Å². The molecule has 0 spiro atoms. The first-order valence-electron chi connectivity index (χ1n) is 4.99. The lowest BCUT2D eigenvalue weighted by Gasteiger charge is -2.12. The Morgan fingerprint density at radius 2 is 1.28 bits per heavy atom. The molecule has 0 bridgehead atoms. The first-order valence-corrected chi connectivity index (χ1v) is 7.71. The summed E-state index contributed by atoms with van der Waals surface area (Å²) in [4.78, 5) is 9.73. The van der Waals surface area contributed by atoms with Crippen LogP contribution in [-0.2, 0) is 0 Å². The lowest BCUT2D eigenvalue weighted by atomic mass is 10.3. The zero-order valence-corrected chi connectivity index (χ0v) is 13.2. The van der Waals surface area contributed by atoms with Crippen LogP contribution in [0.5, 0.6) is 11.5 Å². The van der Waals surface area contributed by atoms with Gasteiger partial charge in [0.05, 0.1) is 0 Å². The van der Waals surface area contributed by atoms with Gasteiger partial charge in [-0.15, -0.1) is 0 Å². The Bertz CT molecular complexity index is 489. The third-order valence-electron chi connectivity index (χ3n) is 1.96. The van der Waals surface area contributed by atoms with Crippen molar-refractivity contribution in [1.82, 2.24) is 0 Å². The van der Waals surface area contributed by atoms with Crippen LogP contribution in [0.1, 0.15) is 0 Å². The summed E-state index contributed by atoms with van der Waals surface area (Å²) < 4.78 is 12.3. The second-order valence-electron chi connectivity index (χ2n) is 3.34. The van der Waals surface area contributed by atoms with Gasteiger partial charge in [-0.1, -0.05) is 44.0 Å². The molecule has 1 N–H and O–H groups in total. The SMILES string of the molecule is OP(Oc1cccc(Br)c1)Oc1cccc(Br)c1. The largest absolute Gasteiger partial charge is 0.460 e. The second-order valence-corrected chi connectivity index (χ2v) is 6.01. The summed E-state index contributed by atoms with van der Waals surface area (Å²) in [5, 5.41) is 0. The van der Waals surface area contributed by atoms with Crippen LogP contribution in [0.4, 0.5) is 0 Å². The molecule has 3 nitrogen and oxygen atoms in total. The predicted octanol–water partition coefficient (Wildman–Crippen LogP) is 4.89. The van der Waals surface area contributed by atoms with E-state index in [1.165, 1.54) is 0 Å². The quantitative estimate of drug-likeness (QED) is 0.754. The number of hydrogen-bond acceptors (Lipinski definition) is 3. The highest BCUT2D eigenvalue weighted by atomic mass is 79.9. The molecular weight excluding hydrogens is 383 g/mol. The molecule has 0 aliphatic rings. The van der Waals surface area contributed by atoms with E-state index in [4.69, 9.17) is 9.05 Å². The van der Waals surface area contributed by atoms with E-state index in [1.807, 2.05) is 24.3 Å². The third-order valence-corrected chi connectivity index (χ3v) is 3.68. The minimum absolute atomic E-state index is 0.549. The minimum atomic E-state index is -2.00. The number of benzene rings is 2. The Kier molecular flexibility index (Phi) is 5.01. The lowest BCUT2D eigenvalue weighted by Crippen LogP contribution is -1.94. The fourth-order valence-electron chi connectivity index (χ4n) is 1.25. The van der Waals surface area contributed by atoms with Crippen molar-refractivity contribution < 1.29 is 13.9 Å². The molecule has 0 amide bonds. The van der Waals surface area contributed by atoms with Crippen LogP contribution in [0.15, 0.2) is 57.5 Å². The van der Waals surface area contributed by atoms with Crippen molar-refractivity contribution in [3.05, 3.63) is 57.5 Å². The Morgan fingerprint density at radius 1 is 0.833 bits per heavy atom. The Hall–Kier alpha value is -0.610. The van der Waals surface area contributed by atoms with Crippen LogP contribution >= 0.6 is 40.5 Å². The molecule has 94 valence electrons. The smallest absolute Gasteiger partial charge is 0.418 e. The molecule has 0 aliphatic carbocycles. The highest BCUT2D eigenvalue weighted by Crippen LogP contribution is 2.37. The van der Waals surface area contributed by atoms with Gasteiger partial charge < -0.3 is 13.9 Å². The van der Waals surface area contributed by atoms with Gasteiger partial charge in [0.1, 0.15) is 11.5 Å². The predicted molar refractivity (Wildman–Crippen MR) is 78.7 cm³/mol. The average Bonchev–Trinajstić information content (AvgIpc) is 2.28. The van der Waals surface area contributed by atoms with E-state index < -0.39 is 8.60 Å². The van der Waals surface area contributed by atoms with Crippen LogP contribution in [0.25, 0.3) is 0 Å². The zero-order valence-electron chi connectivity index (χ0n) is 9.09. The molecule has 6 heteroatoms.